The van der Waals surface area contributed by atoms with Crippen LogP contribution in [0.25, 0.3) is 144 Å². The van der Waals surface area contributed by atoms with Gasteiger partial charge in [0.1, 0.15) is 0 Å². The molecule has 0 spiro atoms. The van der Waals surface area contributed by atoms with Crippen molar-refractivity contribution < 1.29 is 0 Å². The van der Waals surface area contributed by atoms with Crippen LogP contribution in [0.3, 0.4) is 0 Å². The fourth-order valence-electron chi connectivity index (χ4n) is 14.4. The van der Waals surface area contributed by atoms with E-state index in [1.165, 1.54) is 127 Å². The van der Waals surface area contributed by atoms with Crippen molar-refractivity contribution in [1.29, 1.82) is 0 Å². The van der Waals surface area contributed by atoms with Crippen LogP contribution >= 0.6 is 0 Å². The van der Waals surface area contributed by atoms with Crippen molar-refractivity contribution in [2.24, 2.45) is 0 Å². The normalized spacial score (nSPS) is 12.0. The van der Waals surface area contributed by atoms with Crippen LogP contribution in [0.2, 0.25) is 0 Å². The summed E-state index contributed by atoms with van der Waals surface area (Å²) in [6.45, 7) is 0. The number of para-hydroxylation sites is 3. The summed E-state index contributed by atoms with van der Waals surface area (Å²) in [5, 5.41) is 4.88. The molecule has 17 aromatic rings. The van der Waals surface area contributed by atoms with Gasteiger partial charge in [0.2, 0.25) is 0 Å². The highest BCUT2D eigenvalue weighted by Crippen LogP contribution is 2.43. The number of hydrogen-bond acceptors (Lipinski definition) is 2. The lowest BCUT2D eigenvalue weighted by Crippen LogP contribution is -2.09. The summed E-state index contributed by atoms with van der Waals surface area (Å²) in [4.78, 5) is 4.59. The van der Waals surface area contributed by atoms with Gasteiger partial charge in [0, 0.05) is 68.4 Å². The summed E-state index contributed by atoms with van der Waals surface area (Å²) in [7, 11) is 2.14. The maximum Gasteiger partial charge on any atom is 0.0541 e. The molecule has 0 aliphatic carbocycles. The molecule has 0 atom stereocenters. The summed E-state index contributed by atoms with van der Waals surface area (Å²) in [6.07, 6.45) is 0. The lowest BCUT2D eigenvalue weighted by atomic mass is 9.96. The number of nitrogens with zero attached hydrogens (tertiary/aromatic N) is 4. The first kappa shape index (κ1) is 55.4. The van der Waals surface area contributed by atoms with E-state index in [0.717, 1.165) is 45.4 Å². The van der Waals surface area contributed by atoms with Crippen LogP contribution in [0.5, 0.6) is 0 Å². The third-order valence-electron chi connectivity index (χ3n) is 19.5. The van der Waals surface area contributed by atoms with Crippen LogP contribution in [0, 0.1) is 0 Å². The van der Waals surface area contributed by atoms with Crippen LogP contribution in [-0.2, 0) is 0 Å². The summed E-state index contributed by atoms with van der Waals surface area (Å²) in [6, 6.07) is 132. The monoisotopic (exact) mass is 1210 g/mol. The van der Waals surface area contributed by atoms with Gasteiger partial charge in [-0.3, -0.25) is 0 Å². The second-order valence-electron chi connectivity index (χ2n) is 25.0. The molecule has 0 N–H and O–H groups in total. The molecular weight excluding hydrogens is 1150 g/mol. The molecule has 12 aliphatic heterocycles. The van der Waals surface area contributed by atoms with E-state index in [4.69, 9.17) is 0 Å². The number of benzene rings is 15. The lowest BCUT2D eigenvalue weighted by molar-refractivity contribution is 1.18. The Bertz CT molecular complexity index is 5680. The molecule has 24 bridgehead atoms. The summed E-state index contributed by atoms with van der Waals surface area (Å²) in [5.41, 5.74) is 31.4. The van der Waals surface area contributed by atoms with Gasteiger partial charge in [-0.25, -0.2) is 0 Å². The van der Waals surface area contributed by atoms with Crippen molar-refractivity contribution in [2.75, 3.05) is 16.8 Å². The first-order valence-corrected chi connectivity index (χ1v) is 32.7. The van der Waals surface area contributed by atoms with Crippen LogP contribution in [0.4, 0.5) is 28.4 Å². The van der Waals surface area contributed by atoms with Gasteiger partial charge in [-0.1, -0.05) is 224 Å². The minimum absolute atomic E-state index is 1.09. The Morgan fingerprint density at radius 2 is 0.337 bits per heavy atom. The van der Waals surface area contributed by atoms with Crippen LogP contribution in [0.1, 0.15) is 0 Å². The molecular formula is C91H62N4. The highest BCUT2D eigenvalue weighted by atomic mass is 15.1. The van der Waals surface area contributed by atoms with Crippen molar-refractivity contribution in [2.45, 2.75) is 0 Å². The minimum atomic E-state index is 1.09. The Morgan fingerprint density at radius 3 is 0.579 bits per heavy atom. The van der Waals surface area contributed by atoms with Gasteiger partial charge in [-0.2, -0.15) is 0 Å². The van der Waals surface area contributed by atoms with E-state index >= 15 is 0 Å². The Balaban J connectivity index is 0.731. The van der Waals surface area contributed by atoms with Gasteiger partial charge in [-0.15, -0.1) is 0 Å². The topological polar surface area (TPSA) is 16.3 Å². The van der Waals surface area contributed by atoms with E-state index in [1.807, 2.05) is 0 Å². The zero-order valence-corrected chi connectivity index (χ0v) is 52.4. The number of fused-ring (bicyclic) bond motifs is 2. The first-order valence-electron chi connectivity index (χ1n) is 32.7. The van der Waals surface area contributed by atoms with Crippen molar-refractivity contribution in [3.8, 4) is 100 Å². The average molecular weight is 1210 g/mol. The van der Waals surface area contributed by atoms with Crippen LogP contribution in [0.15, 0.2) is 358 Å². The van der Waals surface area contributed by atoms with E-state index < -0.39 is 0 Å². The highest BCUT2D eigenvalue weighted by molar-refractivity contribution is 6.13. The van der Waals surface area contributed by atoms with Gasteiger partial charge in [0.05, 0.1) is 22.1 Å². The van der Waals surface area contributed by atoms with Crippen LogP contribution < -0.4 is 9.80 Å². The molecule has 0 unspecified atom stereocenters. The highest BCUT2D eigenvalue weighted by Gasteiger charge is 2.20. The summed E-state index contributed by atoms with van der Waals surface area (Å²) >= 11 is 0. The third kappa shape index (κ3) is 9.95. The quantitative estimate of drug-likeness (QED) is 0.175. The number of aromatic nitrogens is 2. The molecule has 95 heavy (non-hydrogen) atoms. The summed E-state index contributed by atoms with van der Waals surface area (Å²) < 4.78 is 4.81. The molecule has 0 radical (unpaired) electrons. The van der Waals surface area contributed by atoms with Crippen molar-refractivity contribution in [1.82, 2.24) is 9.13 Å². The minimum Gasteiger partial charge on any atom is -0.345 e. The van der Waals surface area contributed by atoms with Gasteiger partial charge in [0.25, 0.3) is 0 Å². The van der Waals surface area contributed by atoms with Crippen molar-refractivity contribution in [3.63, 3.8) is 0 Å². The van der Waals surface area contributed by atoms with E-state index in [1.54, 1.807) is 0 Å². The molecule has 4 heteroatoms. The molecule has 14 heterocycles. The van der Waals surface area contributed by atoms with Gasteiger partial charge in [0.15, 0.2) is 0 Å². The molecule has 446 valence electrons. The smallest absolute Gasteiger partial charge is 0.0541 e. The molecule has 2 aromatic heterocycles. The predicted molar refractivity (Wildman–Crippen MR) is 401 cm³/mol. The molecule has 29 rings (SSSR count). The fraction of sp³-hybridized carbons (Fsp3) is 0.0110. The maximum absolute atomic E-state index is 2.41. The second kappa shape index (κ2) is 23.0. The number of anilines is 5. The Hall–Kier alpha value is -12.5. The fourth-order valence-corrected chi connectivity index (χ4v) is 14.4. The second-order valence-corrected chi connectivity index (χ2v) is 25.0. The number of rotatable bonds is 3. The third-order valence-corrected chi connectivity index (χ3v) is 19.5. The van der Waals surface area contributed by atoms with Gasteiger partial charge in [-0.05, 0) is 222 Å². The SMILES string of the molecule is CN1c2ccc(cc2)-c2ccc(cc2)-c2ccc(cc2)N(c2ccccc2)c2ccc(cc2)-c2ccc(cc2)-c2ccc3c(c2)c2cc(ccc2n3-c2ccccc2)-c2ccc(cc2)-c2ccc3c(c2)c2cc(ccc2n3-c2ccccc2)-c2ccc(cc2)-c2ccc1cc2. The molecule has 0 saturated carbocycles. The molecule has 4 nitrogen and oxygen atoms in total. The van der Waals surface area contributed by atoms with Gasteiger partial charge >= 0.3 is 0 Å². The first-order chi connectivity index (χ1) is 47.0. The van der Waals surface area contributed by atoms with E-state index in [9.17, 15) is 0 Å². The summed E-state index contributed by atoms with van der Waals surface area (Å²) in [5.74, 6) is 0. The predicted octanol–water partition coefficient (Wildman–Crippen LogP) is 24.8. The van der Waals surface area contributed by atoms with Gasteiger partial charge < -0.3 is 18.9 Å². The molecule has 12 aliphatic rings. The van der Waals surface area contributed by atoms with Crippen molar-refractivity contribution >= 4 is 72.0 Å². The van der Waals surface area contributed by atoms with E-state index in [0.29, 0.717) is 0 Å². The van der Waals surface area contributed by atoms with E-state index in [2.05, 4.69) is 384 Å². The molecule has 0 saturated heterocycles. The van der Waals surface area contributed by atoms with Crippen LogP contribution in [-0.4, -0.2) is 16.2 Å². The molecule has 0 fully saturated rings. The molecule has 0 amide bonds. The van der Waals surface area contributed by atoms with E-state index in [-0.39, 0.29) is 0 Å². The zero-order valence-electron chi connectivity index (χ0n) is 52.4. The standard InChI is InChI=1S/C91H62N4/c1-92-77-45-33-65(34-46-77)61-17-19-62(20-18-61)67-37-49-82(50-38-67)93(79-11-5-2-6-12-79)83-51-39-68(40-52-83)64-23-27-70(28-24-64)74-42-54-89-85(58-74)87-60-76(44-56-91(87)95(89)81-15-9-4-10-16-81)72-31-29-71(30-32-72)75-43-55-90-86(59-75)84-57-73(41-53-88(84)94(90)80-13-7-3-8-14-80)69-25-21-63(22-26-69)66-35-47-78(92)48-36-66/h2-60H,1H3. The van der Waals surface area contributed by atoms with Crippen molar-refractivity contribution in [3.05, 3.63) is 358 Å². The Morgan fingerprint density at radius 1 is 0.158 bits per heavy atom. The Kier molecular flexibility index (Phi) is 13.4. The average Bonchev–Trinajstić information content (AvgIpc) is 1.60. The molecule has 15 aromatic carbocycles. The lowest BCUT2D eigenvalue weighted by Gasteiger charge is -2.26. The maximum atomic E-state index is 2.41. The largest absolute Gasteiger partial charge is 0.345 e. The number of hydrogen-bond donors (Lipinski definition) is 0. The zero-order chi connectivity index (χ0) is 62.9. The Labute approximate surface area is 553 Å².